The van der Waals surface area contributed by atoms with E-state index < -0.39 is 25.0 Å². The topological polar surface area (TPSA) is 53.4 Å². The van der Waals surface area contributed by atoms with Crippen LogP contribution in [0.1, 0.15) is 16.8 Å². The highest BCUT2D eigenvalue weighted by atomic mass is 19.4. The second-order valence-electron chi connectivity index (χ2n) is 2.64. The predicted molar refractivity (Wildman–Crippen MR) is 41.1 cm³/mol. The highest BCUT2D eigenvalue weighted by Gasteiger charge is 2.31. The van der Waals surface area contributed by atoms with Crippen LogP contribution in [0.5, 0.6) is 0 Å². The molecule has 1 heterocycles. The Morgan fingerprint density at radius 2 is 1.86 bits per heavy atom. The summed E-state index contributed by atoms with van der Waals surface area (Å²) in [6, 6.07) is 0.776. The number of hydrogen-bond donors (Lipinski definition) is 2. The van der Waals surface area contributed by atoms with Gasteiger partial charge >= 0.3 is 6.18 Å². The van der Waals surface area contributed by atoms with E-state index in [0.29, 0.717) is 6.20 Å². The van der Waals surface area contributed by atoms with Crippen molar-refractivity contribution in [2.45, 2.75) is 19.4 Å². The molecule has 1 aromatic rings. The van der Waals surface area contributed by atoms with Crippen LogP contribution in [0.15, 0.2) is 12.3 Å². The number of alkyl halides is 3. The monoisotopic (exact) mass is 207 g/mol. The summed E-state index contributed by atoms with van der Waals surface area (Å²) in [5, 5.41) is 17.4. The van der Waals surface area contributed by atoms with Crippen LogP contribution in [-0.4, -0.2) is 15.2 Å². The third kappa shape index (κ3) is 2.21. The minimum atomic E-state index is -4.48. The molecule has 0 saturated carbocycles. The predicted octanol–water partition coefficient (Wildman–Crippen LogP) is 1.08. The zero-order valence-corrected chi connectivity index (χ0v) is 7.04. The van der Waals surface area contributed by atoms with Crippen molar-refractivity contribution in [2.24, 2.45) is 0 Å². The van der Waals surface area contributed by atoms with Gasteiger partial charge in [0.15, 0.2) is 0 Å². The molecule has 78 valence electrons. The molecule has 0 unspecified atom stereocenters. The molecule has 0 saturated heterocycles. The van der Waals surface area contributed by atoms with E-state index in [1.807, 2.05) is 0 Å². The molecule has 0 aliphatic carbocycles. The van der Waals surface area contributed by atoms with Crippen molar-refractivity contribution in [1.29, 1.82) is 0 Å². The van der Waals surface area contributed by atoms with E-state index in [-0.39, 0.29) is 11.3 Å². The zero-order chi connectivity index (χ0) is 10.8. The molecule has 3 nitrogen and oxygen atoms in total. The number of aromatic nitrogens is 1. The molecule has 0 spiro atoms. The van der Waals surface area contributed by atoms with Crippen LogP contribution >= 0.6 is 0 Å². The van der Waals surface area contributed by atoms with Crippen molar-refractivity contribution >= 4 is 0 Å². The Kier molecular flexibility index (Phi) is 3.07. The number of nitrogens with zero attached hydrogens (tertiary/aromatic N) is 1. The van der Waals surface area contributed by atoms with Crippen molar-refractivity contribution in [3.63, 3.8) is 0 Å². The Hall–Kier alpha value is -1.14. The first kappa shape index (κ1) is 10.9. The Balaban J connectivity index is 3.14. The third-order valence-corrected chi connectivity index (χ3v) is 1.71. The summed E-state index contributed by atoms with van der Waals surface area (Å²) >= 11 is 0. The first-order valence-electron chi connectivity index (χ1n) is 3.75. The van der Waals surface area contributed by atoms with E-state index in [4.69, 9.17) is 10.2 Å². The van der Waals surface area contributed by atoms with Gasteiger partial charge in [-0.05, 0) is 6.07 Å². The van der Waals surface area contributed by atoms with Crippen LogP contribution in [0, 0.1) is 0 Å². The van der Waals surface area contributed by atoms with Crippen LogP contribution in [0.4, 0.5) is 13.2 Å². The van der Waals surface area contributed by atoms with Gasteiger partial charge in [-0.2, -0.15) is 13.2 Å². The van der Waals surface area contributed by atoms with Gasteiger partial charge in [0.25, 0.3) is 0 Å². The van der Waals surface area contributed by atoms with Crippen LogP contribution < -0.4 is 0 Å². The summed E-state index contributed by atoms with van der Waals surface area (Å²) in [6.45, 7) is -1.07. The molecule has 1 rings (SSSR count). The quantitative estimate of drug-likeness (QED) is 0.763. The number of hydrogen-bond acceptors (Lipinski definition) is 3. The second-order valence-corrected chi connectivity index (χ2v) is 2.64. The minimum absolute atomic E-state index is 0.0117. The lowest BCUT2D eigenvalue weighted by Gasteiger charge is -2.09. The Labute approximate surface area is 77.8 Å². The molecule has 0 aliphatic rings. The van der Waals surface area contributed by atoms with Crippen LogP contribution in [0.2, 0.25) is 0 Å². The molecule has 0 bridgehead atoms. The lowest BCUT2D eigenvalue weighted by atomic mass is 10.1. The molecule has 0 amide bonds. The van der Waals surface area contributed by atoms with E-state index in [2.05, 4.69) is 4.98 Å². The lowest BCUT2D eigenvalue weighted by Crippen LogP contribution is -2.08. The minimum Gasteiger partial charge on any atom is -0.392 e. The Morgan fingerprint density at radius 1 is 1.21 bits per heavy atom. The van der Waals surface area contributed by atoms with E-state index in [1.54, 1.807) is 0 Å². The molecule has 6 heteroatoms. The van der Waals surface area contributed by atoms with Gasteiger partial charge in [-0.15, -0.1) is 0 Å². The van der Waals surface area contributed by atoms with Crippen molar-refractivity contribution in [3.8, 4) is 0 Å². The maximum absolute atomic E-state index is 12.2. The molecule has 14 heavy (non-hydrogen) atoms. The SMILES string of the molecule is OCc1cc(C(F)(F)F)cnc1CO. The maximum atomic E-state index is 12.2. The summed E-state index contributed by atoms with van der Waals surface area (Å²) in [5.41, 5.74) is -0.887. The van der Waals surface area contributed by atoms with E-state index in [0.717, 1.165) is 6.07 Å². The van der Waals surface area contributed by atoms with E-state index >= 15 is 0 Å². The smallest absolute Gasteiger partial charge is 0.392 e. The van der Waals surface area contributed by atoms with Gasteiger partial charge in [0.05, 0.1) is 24.5 Å². The van der Waals surface area contributed by atoms with Crippen molar-refractivity contribution < 1.29 is 23.4 Å². The molecule has 0 fully saturated rings. The van der Waals surface area contributed by atoms with Crippen LogP contribution in [0.3, 0.4) is 0 Å². The Bertz CT molecular complexity index is 325. The number of pyridine rings is 1. The standard InChI is InChI=1S/C8H8F3NO2/c9-8(10,11)6-1-5(3-13)7(4-14)12-2-6/h1-2,13-14H,3-4H2. The average molecular weight is 207 g/mol. The van der Waals surface area contributed by atoms with E-state index in [1.165, 1.54) is 0 Å². The molecule has 0 radical (unpaired) electrons. The summed E-state index contributed by atoms with van der Waals surface area (Å²) in [4.78, 5) is 3.40. The van der Waals surface area contributed by atoms with Gasteiger partial charge in [0, 0.05) is 11.8 Å². The van der Waals surface area contributed by atoms with Gasteiger partial charge in [-0.25, -0.2) is 0 Å². The normalized spacial score (nSPS) is 11.8. The second kappa shape index (κ2) is 3.93. The Morgan fingerprint density at radius 3 is 2.29 bits per heavy atom. The van der Waals surface area contributed by atoms with Gasteiger partial charge < -0.3 is 10.2 Å². The van der Waals surface area contributed by atoms with Gasteiger partial charge in [0.2, 0.25) is 0 Å². The van der Waals surface area contributed by atoms with Gasteiger partial charge in [-0.3, -0.25) is 4.98 Å². The molecule has 0 atom stereocenters. The maximum Gasteiger partial charge on any atom is 0.417 e. The number of aliphatic hydroxyl groups is 2. The summed E-state index contributed by atoms with van der Waals surface area (Å²) in [7, 11) is 0. The molecule has 0 aliphatic heterocycles. The highest BCUT2D eigenvalue weighted by Crippen LogP contribution is 2.29. The summed E-state index contributed by atoms with van der Waals surface area (Å²) in [6.07, 6.45) is -3.85. The van der Waals surface area contributed by atoms with Crippen LogP contribution in [0.25, 0.3) is 0 Å². The summed E-state index contributed by atoms with van der Waals surface area (Å²) in [5.74, 6) is 0. The zero-order valence-electron chi connectivity index (χ0n) is 7.04. The lowest BCUT2D eigenvalue weighted by molar-refractivity contribution is -0.137. The number of halogens is 3. The van der Waals surface area contributed by atoms with Crippen molar-refractivity contribution in [1.82, 2.24) is 4.98 Å². The average Bonchev–Trinajstić information content (AvgIpc) is 2.15. The summed E-state index contributed by atoms with van der Waals surface area (Å²) < 4.78 is 36.5. The third-order valence-electron chi connectivity index (χ3n) is 1.71. The molecule has 1 aromatic heterocycles. The fourth-order valence-electron chi connectivity index (χ4n) is 0.973. The first-order valence-corrected chi connectivity index (χ1v) is 3.75. The molecular weight excluding hydrogens is 199 g/mol. The number of aliphatic hydroxyl groups excluding tert-OH is 2. The van der Waals surface area contributed by atoms with Crippen molar-refractivity contribution in [3.05, 3.63) is 29.1 Å². The fourth-order valence-corrected chi connectivity index (χ4v) is 0.973. The number of rotatable bonds is 2. The fraction of sp³-hybridized carbons (Fsp3) is 0.375. The largest absolute Gasteiger partial charge is 0.417 e. The first-order chi connectivity index (χ1) is 6.49. The van der Waals surface area contributed by atoms with Gasteiger partial charge in [0.1, 0.15) is 0 Å². The molecule has 2 N–H and O–H groups in total. The molecular formula is C8H8F3NO2. The van der Waals surface area contributed by atoms with Crippen molar-refractivity contribution in [2.75, 3.05) is 0 Å². The van der Waals surface area contributed by atoms with Crippen LogP contribution in [-0.2, 0) is 19.4 Å². The van der Waals surface area contributed by atoms with Gasteiger partial charge in [-0.1, -0.05) is 0 Å². The van der Waals surface area contributed by atoms with E-state index in [9.17, 15) is 13.2 Å². The highest BCUT2D eigenvalue weighted by molar-refractivity contribution is 5.26. The molecule has 0 aromatic carbocycles.